The third-order valence-corrected chi connectivity index (χ3v) is 2.97. The zero-order chi connectivity index (χ0) is 10.5. The minimum Gasteiger partial charge on any atom is -0.377 e. The van der Waals surface area contributed by atoms with Crippen LogP contribution >= 0.6 is 0 Å². The van der Waals surface area contributed by atoms with E-state index in [1.165, 1.54) is 12.8 Å². The first kappa shape index (κ1) is 10.9. The van der Waals surface area contributed by atoms with Gasteiger partial charge in [0.05, 0.1) is 12.6 Å². The molecular formula is C11H20N2O2. The molecule has 4 nitrogen and oxygen atoms in total. The second-order valence-electron chi connectivity index (χ2n) is 4.51. The van der Waals surface area contributed by atoms with Gasteiger partial charge < -0.3 is 15.4 Å². The highest BCUT2D eigenvalue weighted by atomic mass is 16.5. The van der Waals surface area contributed by atoms with Crippen LogP contribution in [0.15, 0.2) is 0 Å². The van der Waals surface area contributed by atoms with Crippen LogP contribution in [0.3, 0.4) is 0 Å². The summed E-state index contributed by atoms with van der Waals surface area (Å²) in [5, 5.41) is 6.06. The van der Waals surface area contributed by atoms with Gasteiger partial charge in [0.15, 0.2) is 0 Å². The van der Waals surface area contributed by atoms with E-state index < -0.39 is 0 Å². The summed E-state index contributed by atoms with van der Waals surface area (Å²) in [6.45, 7) is 2.96. The Labute approximate surface area is 90.8 Å². The van der Waals surface area contributed by atoms with Crippen molar-refractivity contribution < 1.29 is 9.53 Å². The van der Waals surface area contributed by atoms with Gasteiger partial charge in [-0.2, -0.15) is 0 Å². The lowest BCUT2D eigenvalue weighted by Gasteiger charge is -2.10. The molecule has 0 radical (unpaired) electrons. The fourth-order valence-electron chi connectivity index (χ4n) is 1.79. The number of rotatable bonds is 6. The van der Waals surface area contributed by atoms with Crippen LogP contribution in [0.25, 0.3) is 0 Å². The summed E-state index contributed by atoms with van der Waals surface area (Å²) in [7, 11) is 0. The van der Waals surface area contributed by atoms with Crippen molar-refractivity contribution in [2.75, 3.05) is 26.2 Å². The van der Waals surface area contributed by atoms with E-state index in [9.17, 15) is 4.79 Å². The van der Waals surface area contributed by atoms with Crippen molar-refractivity contribution in [2.45, 2.75) is 31.8 Å². The molecule has 2 fully saturated rings. The molecule has 15 heavy (non-hydrogen) atoms. The molecule has 0 aromatic carbocycles. The molecule has 0 unspecified atom stereocenters. The highest BCUT2D eigenvalue weighted by Crippen LogP contribution is 2.27. The highest BCUT2D eigenvalue weighted by molar-refractivity contribution is 5.77. The smallest absolute Gasteiger partial charge is 0.233 e. The molecule has 0 spiro atoms. The maximum atomic E-state index is 11.3. The Kier molecular flexibility index (Phi) is 3.97. The average molecular weight is 212 g/mol. The standard InChI is InChI=1S/C11H20N2O2/c14-11(13-6-9-3-4-9)8-12-7-10-2-1-5-15-10/h9-10,12H,1-8H2,(H,13,14)/t10-/m0/s1. The number of amides is 1. The van der Waals surface area contributed by atoms with Crippen LogP contribution in [-0.2, 0) is 9.53 Å². The number of carbonyl (C=O) groups excluding carboxylic acids is 1. The van der Waals surface area contributed by atoms with Gasteiger partial charge in [-0.1, -0.05) is 0 Å². The molecule has 0 aromatic rings. The van der Waals surface area contributed by atoms with Crippen LogP contribution in [-0.4, -0.2) is 38.3 Å². The van der Waals surface area contributed by atoms with Crippen molar-refractivity contribution in [1.82, 2.24) is 10.6 Å². The molecule has 2 aliphatic rings. The van der Waals surface area contributed by atoms with Crippen molar-refractivity contribution in [3.63, 3.8) is 0 Å². The van der Waals surface area contributed by atoms with Crippen LogP contribution in [0.1, 0.15) is 25.7 Å². The number of nitrogens with one attached hydrogen (secondary N) is 2. The molecule has 2 N–H and O–H groups in total. The van der Waals surface area contributed by atoms with Crippen molar-refractivity contribution in [1.29, 1.82) is 0 Å². The van der Waals surface area contributed by atoms with Crippen LogP contribution < -0.4 is 10.6 Å². The average Bonchev–Trinajstić information content (AvgIpc) is 2.92. The minimum atomic E-state index is 0.111. The van der Waals surface area contributed by atoms with E-state index in [-0.39, 0.29) is 5.91 Å². The molecule has 1 aliphatic heterocycles. The molecule has 1 heterocycles. The van der Waals surface area contributed by atoms with Gasteiger partial charge in [0.2, 0.25) is 5.91 Å². The predicted molar refractivity (Wildman–Crippen MR) is 57.6 cm³/mol. The summed E-state index contributed by atoms with van der Waals surface area (Å²) in [4.78, 5) is 11.3. The third-order valence-electron chi connectivity index (χ3n) is 2.97. The van der Waals surface area contributed by atoms with Gasteiger partial charge in [-0.05, 0) is 31.6 Å². The van der Waals surface area contributed by atoms with Gasteiger partial charge in [-0.25, -0.2) is 0 Å². The Morgan fingerprint density at radius 2 is 2.13 bits per heavy atom. The summed E-state index contributed by atoms with van der Waals surface area (Å²) >= 11 is 0. The van der Waals surface area contributed by atoms with Crippen molar-refractivity contribution in [3.8, 4) is 0 Å². The predicted octanol–water partition coefficient (Wildman–Crippen LogP) is 0.281. The molecule has 2 rings (SSSR count). The number of ether oxygens (including phenoxy) is 1. The molecule has 1 saturated heterocycles. The maximum absolute atomic E-state index is 11.3. The fraction of sp³-hybridized carbons (Fsp3) is 0.909. The van der Waals surface area contributed by atoms with Crippen LogP contribution in [0, 0.1) is 5.92 Å². The second-order valence-corrected chi connectivity index (χ2v) is 4.51. The summed E-state index contributed by atoms with van der Waals surface area (Å²) in [5.74, 6) is 0.868. The van der Waals surface area contributed by atoms with Gasteiger partial charge in [0.1, 0.15) is 0 Å². The minimum absolute atomic E-state index is 0.111. The number of hydrogen-bond donors (Lipinski definition) is 2. The van der Waals surface area contributed by atoms with E-state index in [2.05, 4.69) is 10.6 Å². The number of hydrogen-bond acceptors (Lipinski definition) is 3. The van der Waals surface area contributed by atoms with Crippen molar-refractivity contribution in [3.05, 3.63) is 0 Å². The normalized spacial score (nSPS) is 25.5. The SMILES string of the molecule is O=C(CNC[C@@H]1CCCO1)NCC1CC1. The van der Waals surface area contributed by atoms with Crippen LogP contribution in [0.5, 0.6) is 0 Å². The summed E-state index contributed by atoms with van der Waals surface area (Å²) in [6.07, 6.45) is 5.16. The quantitative estimate of drug-likeness (QED) is 0.665. The van der Waals surface area contributed by atoms with E-state index in [1.807, 2.05) is 0 Å². The highest BCUT2D eigenvalue weighted by Gasteiger charge is 2.21. The summed E-state index contributed by atoms with van der Waals surface area (Å²) in [6, 6.07) is 0. The monoisotopic (exact) mass is 212 g/mol. The Balaban J connectivity index is 1.46. The first-order chi connectivity index (χ1) is 7.34. The van der Waals surface area contributed by atoms with Crippen LogP contribution in [0.2, 0.25) is 0 Å². The van der Waals surface area contributed by atoms with E-state index in [0.717, 1.165) is 38.5 Å². The third kappa shape index (κ3) is 4.18. The lowest BCUT2D eigenvalue weighted by atomic mass is 10.2. The largest absolute Gasteiger partial charge is 0.377 e. The van der Waals surface area contributed by atoms with Gasteiger partial charge in [-0.15, -0.1) is 0 Å². The van der Waals surface area contributed by atoms with E-state index in [1.54, 1.807) is 0 Å². The Morgan fingerprint density at radius 3 is 2.80 bits per heavy atom. The Bertz CT molecular complexity index is 211. The Hall–Kier alpha value is -0.610. The second kappa shape index (κ2) is 5.47. The summed E-state index contributed by atoms with van der Waals surface area (Å²) < 4.78 is 5.45. The van der Waals surface area contributed by atoms with Crippen molar-refractivity contribution in [2.24, 2.45) is 5.92 Å². The summed E-state index contributed by atoms with van der Waals surface area (Å²) in [5.41, 5.74) is 0. The van der Waals surface area contributed by atoms with Crippen LogP contribution in [0.4, 0.5) is 0 Å². The lowest BCUT2D eigenvalue weighted by Crippen LogP contribution is -2.37. The topological polar surface area (TPSA) is 50.4 Å². The fourth-order valence-corrected chi connectivity index (χ4v) is 1.79. The first-order valence-electron chi connectivity index (χ1n) is 5.93. The molecule has 1 aliphatic carbocycles. The van der Waals surface area contributed by atoms with Crippen molar-refractivity contribution >= 4 is 5.91 Å². The van der Waals surface area contributed by atoms with Gasteiger partial charge in [0.25, 0.3) is 0 Å². The molecule has 1 saturated carbocycles. The number of carbonyl (C=O) groups is 1. The van der Waals surface area contributed by atoms with E-state index in [4.69, 9.17) is 4.74 Å². The molecule has 0 bridgehead atoms. The Morgan fingerprint density at radius 1 is 1.27 bits per heavy atom. The van der Waals surface area contributed by atoms with E-state index in [0.29, 0.717) is 12.6 Å². The molecule has 86 valence electrons. The van der Waals surface area contributed by atoms with Gasteiger partial charge >= 0.3 is 0 Å². The molecular weight excluding hydrogens is 192 g/mol. The molecule has 0 aromatic heterocycles. The molecule has 1 amide bonds. The van der Waals surface area contributed by atoms with E-state index >= 15 is 0 Å². The first-order valence-corrected chi connectivity index (χ1v) is 5.93. The zero-order valence-corrected chi connectivity index (χ0v) is 9.13. The lowest BCUT2D eigenvalue weighted by molar-refractivity contribution is -0.120. The zero-order valence-electron chi connectivity index (χ0n) is 9.13. The molecule has 4 heteroatoms. The molecule has 1 atom stereocenters. The van der Waals surface area contributed by atoms with Gasteiger partial charge in [0, 0.05) is 19.7 Å². The van der Waals surface area contributed by atoms with Gasteiger partial charge in [-0.3, -0.25) is 4.79 Å². The maximum Gasteiger partial charge on any atom is 0.233 e.